The van der Waals surface area contributed by atoms with Crippen molar-refractivity contribution in [2.75, 3.05) is 40.5 Å². The third kappa shape index (κ3) is 3.98. The second-order valence-corrected chi connectivity index (χ2v) is 7.11. The maximum atomic E-state index is 5.81. The van der Waals surface area contributed by atoms with E-state index in [1.165, 1.54) is 5.56 Å². The van der Waals surface area contributed by atoms with Gasteiger partial charge in [-0.3, -0.25) is 4.90 Å². The Hall–Kier alpha value is -2.57. The second-order valence-electron chi connectivity index (χ2n) is 7.11. The van der Waals surface area contributed by atoms with Crippen molar-refractivity contribution in [1.29, 1.82) is 0 Å². The lowest BCUT2D eigenvalue weighted by molar-refractivity contribution is 0.0745. The highest BCUT2D eigenvalue weighted by Gasteiger charge is 2.42. The van der Waals surface area contributed by atoms with Crippen molar-refractivity contribution in [1.82, 2.24) is 4.90 Å². The van der Waals surface area contributed by atoms with Crippen LogP contribution in [-0.2, 0) is 16.1 Å². The van der Waals surface area contributed by atoms with Crippen molar-refractivity contribution in [2.24, 2.45) is 11.1 Å². The topological polar surface area (TPSA) is 52.5 Å². The van der Waals surface area contributed by atoms with Crippen molar-refractivity contribution in [2.45, 2.75) is 12.6 Å². The molecule has 6 nitrogen and oxygen atoms in total. The Morgan fingerprint density at radius 2 is 1.89 bits per heavy atom. The summed E-state index contributed by atoms with van der Waals surface area (Å²) in [6, 6.07) is 16.4. The minimum absolute atomic E-state index is 0.130. The number of hydrogen-bond acceptors (Lipinski definition) is 6. The van der Waals surface area contributed by atoms with Crippen LogP contribution < -0.4 is 9.47 Å². The third-order valence-electron chi connectivity index (χ3n) is 5.23. The standard InChI is InChI=1S/C22H26N2O4/c1-25-10-11-27-20-12-16(8-9-19(20)26-2)13-24-14-18-21(15-24)28-23-22(18)17-6-4-3-5-7-17/h3-9,12,18,21H,10-11,13-15H2,1-2H3. The van der Waals surface area contributed by atoms with Gasteiger partial charge in [0.1, 0.15) is 12.7 Å². The largest absolute Gasteiger partial charge is 0.493 e. The number of oxime groups is 1. The summed E-state index contributed by atoms with van der Waals surface area (Å²) in [6.07, 6.45) is 0.130. The monoisotopic (exact) mass is 382 g/mol. The maximum Gasteiger partial charge on any atom is 0.161 e. The van der Waals surface area contributed by atoms with Crippen LogP contribution in [0.1, 0.15) is 11.1 Å². The summed E-state index contributed by atoms with van der Waals surface area (Å²) in [5.74, 6) is 1.80. The van der Waals surface area contributed by atoms with Crippen molar-refractivity contribution in [3.63, 3.8) is 0 Å². The van der Waals surface area contributed by atoms with E-state index in [4.69, 9.17) is 19.0 Å². The Morgan fingerprint density at radius 1 is 1.04 bits per heavy atom. The molecule has 2 unspecified atom stereocenters. The van der Waals surface area contributed by atoms with E-state index in [-0.39, 0.29) is 6.10 Å². The highest BCUT2D eigenvalue weighted by Crippen LogP contribution is 2.33. The first-order chi connectivity index (χ1) is 13.8. The lowest BCUT2D eigenvalue weighted by Gasteiger charge is -2.18. The summed E-state index contributed by atoms with van der Waals surface area (Å²) in [5, 5.41) is 4.35. The van der Waals surface area contributed by atoms with E-state index in [1.54, 1.807) is 14.2 Å². The molecule has 0 aliphatic carbocycles. The first-order valence-corrected chi connectivity index (χ1v) is 9.58. The first kappa shape index (κ1) is 18.8. The molecular weight excluding hydrogens is 356 g/mol. The van der Waals surface area contributed by atoms with E-state index in [0.29, 0.717) is 19.1 Å². The zero-order chi connectivity index (χ0) is 19.3. The SMILES string of the molecule is COCCOc1cc(CN2CC3ON=C(c4ccccc4)C3C2)ccc1OC. The van der Waals surface area contributed by atoms with Crippen LogP contribution >= 0.6 is 0 Å². The molecule has 2 aliphatic rings. The van der Waals surface area contributed by atoms with Gasteiger partial charge in [0.05, 0.1) is 25.3 Å². The van der Waals surface area contributed by atoms with Gasteiger partial charge in [-0.05, 0) is 23.3 Å². The third-order valence-corrected chi connectivity index (χ3v) is 5.23. The zero-order valence-electron chi connectivity index (χ0n) is 16.3. The Labute approximate surface area is 165 Å². The van der Waals surface area contributed by atoms with Crippen LogP contribution in [0.2, 0.25) is 0 Å². The number of rotatable bonds is 8. The Kier molecular flexibility index (Phi) is 5.78. The maximum absolute atomic E-state index is 5.81. The molecule has 2 atom stereocenters. The molecule has 0 amide bonds. The predicted molar refractivity (Wildman–Crippen MR) is 107 cm³/mol. The number of benzene rings is 2. The molecule has 2 aromatic carbocycles. The van der Waals surface area contributed by atoms with Gasteiger partial charge in [-0.2, -0.15) is 0 Å². The molecule has 2 aliphatic heterocycles. The van der Waals surface area contributed by atoms with E-state index in [9.17, 15) is 0 Å². The summed E-state index contributed by atoms with van der Waals surface area (Å²) in [4.78, 5) is 8.14. The predicted octanol–water partition coefficient (Wildman–Crippen LogP) is 2.96. The van der Waals surface area contributed by atoms with Crippen molar-refractivity contribution < 1.29 is 19.0 Å². The highest BCUT2D eigenvalue weighted by atomic mass is 16.6. The quantitative estimate of drug-likeness (QED) is 0.657. The van der Waals surface area contributed by atoms with Gasteiger partial charge in [-0.25, -0.2) is 0 Å². The highest BCUT2D eigenvalue weighted by molar-refractivity contribution is 6.03. The molecule has 1 fully saturated rings. The van der Waals surface area contributed by atoms with Gasteiger partial charge in [-0.15, -0.1) is 0 Å². The zero-order valence-corrected chi connectivity index (χ0v) is 16.3. The number of ether oxygens (including phenoxy) is 3. The van der Waals surface area contributed by atoms with E-state index >= 15 is 0 Å². The fourth-order valence-corrected chi connectivity index (χ4v) is 3.84. The average Bonchev–Trinajstić information content (AvgIpc) is 3.29. The summed E-state index contributed by atoms with van der Waals surface area (Å²) in [6.45, 7) is 3.68. The molecule has 148 valence electrons. The summed E-state index contributed by atoms with van der Waals surface area (Å²) in [5.41, 5.74) is 3.40. The van der Waals surface area contributed by atoms with Gasteiger partial charge in [-0.1, -0.05) is 41.6 Å². The lowest BCUT2D eigenvalue weighted by atomic mass is 9.95. The van der Waals surface area contributed by atoms with Crippen LogP contribution in [0.25, 0.3) is 0 Å². The van der Waals surface area contributed by atoms with Gasteiger partial charge in [0, 0.05) is 26.7 Å². The van der Waals surface area contributed by atoms with E-state index in [0.717, 1.165) is 42.4 Å². The number of fused-ring (bicyclic) bond motifs is 1. The lowest BCUT2D eigenvalue weighted by Crippen LogP contribution is -2.23. The fraction of sp³-hybridized carbons (Fsp3) is 0.409. The van der Waals surface area contributed by atoms with Crippen LogP contribution in [0, 0.1) is 5.92 Å². The van der Waals surface area contributed by atoms with Gasteiger partial charge in [0.15, 0.2) is 11.5 Å². The molecule has 0 saturated carbocycles. The number of methoxy groups -OCH3 is 2. The molecule has 1 saturated heterocycles. The normalized spacial score (nSPS) is 21.1. The second kappa shape index (κ2) is 8.63. The Bertz CT molecular complexity index is 825. The summed E-state index contributed by atoms with van der Waals surface area (Å²) < 4.78 is 16.3. The van der Waals surface area contributed by atoms with Crippen LogP contribution in [-0.4, -0.2) is 57.2 Å². The van der Waals surface area contributed by atoms with Crippen molar-refractivity contribution in [3.05, 3.63) is 59.7 Å². The molecule has 28 heavy (non-hydrogen) atoms. The number of likely N-dealkylation sites (tertiary alicyclic amines) is 1. The number of nitrogens with zero attached hydrogens (tertiary/aromatic N) is 2. The van der Waals surface area contributed by atoms with Crippen LogP contribution in [0.15, 0.2) is 53.7 Å². The summed E-state index contributed by atoms with van der Waals surface area (Å²) in [7, 11) is 3.32. The first-order valence-electron chi connectivity index (χ1n) is 9.58. The molecule has 2 heterocycles. The van der Waals surface area contributed by atoms with E-state index in [1.807, 2.05) is 24.3 Å². The molecule has 0 aromatic heterocycles. The van der Waals surface area contributed by atoms with E-state index < -0.39 is 0 Å². The molecular formula is C22H26N2O4. The fourth-order valence-electron chi connectivity index (χ4n) is 3.84. The Morgan fingerprint density at radius 3 is 2.68 bits per heavy atom. The van der Waals surface area contributed by atoms with Crippen molar-refractivity contribution >= 4 is 5.71 Å². The minimum atomic E-state index is 0.130. The molecule has 0 N–H and O–H groups in total. The van der Waals surface area contributed by atoms with Crippen LogP contribution in [0.5, 0.6) is 11.5 Å². The van der Waals surface area contributed by atoms with Gasteiger partial charge in [0.25, 0.3) is 0 Å². The van der Waals surface area contributed by atoms with Crippen LogP contribution in [0.3, 0.4) is 0 Å². The van der Waals surface area contributed by atoms with Gasteiger partial charge < -0.3 is 19.0 Å². The number of hydrogen-bond donors (Lipinski definition) is 0. The molecule has 4 rings (SSSR count). The minimum Gasteiger partial charge on any atom is -0.493 e. The average molecular weight is 382 g/mol. The summed E-state index contributed by atoms with van der Waals surface area (Å²) >= 11 is 0. The van der Waals surface area contributed by atoms with Gasteiger partial charge in [0.2, 0.25) is 0 Å². The molecule has 0 bridgehead atoms. The van der Waals surface area contributed by atoms with Gasteiger partial charge >= 0.3 is 0 Å². The van der Waals surface area contributed by atoms with Crippen molar-refractivity contribution in [3.8, 4) is 11.5 Å². The molecule has 0 radical (unpaired) electrons. The van der Waals surface area contributed by atoms with E-state index in [2.05, 4.69) is 34.3 Å². The Balaban J connectivity index is 1.42. The molecule has 2 aromatic rings. The smallest absolute Gasteiger partial charge is 0.161 e. The van der Waals surface area contributed by atoms with Crippen LogP contribution in [0.4, 0.5) is 0 Å². The molecule has 0 spiro atoms. The molecule has 6 heteroatoms.